The molecule has 1 unspecified atom stereocenters. The van der Waals surface area contributed by atoms with Crippen molar-refractivity contribution >= 4 is 46.9 Å². The van der Waals surface area contributed by atoms with Gasteiger partial charge in [-0.25, -0.2) is 9.59 Å². The molecule has 3 aromatic rings. The van der Waals surface area contributed by atoms with Crippen LogP contribution in [-0.4, -0.2) is 52.6 Å². The molecule has 12 heteroatoms. The standard InChI is InChI=1S/C24H25ClN4O6S/c1-5-29-21(14(2)35-19-9-7-6-8-18(19)25)27-28-24(29)36-13-20(30)26-17-11-15(22(31)33-3)10-16(12-17)23(32)34-4/h6-12,14H,5,13H2,1-4H3,(H,26,30). The van der Waals surface area contributed by atoms with Gasteiger partial charge in [0.1, 0.15) is 5.75 Å². The van der Waals surface area contributed by atoms with E-state index < -0.39 is 18.0 Å². The molecule has 10 nitrogen and oxygen atoms in total. The van der Waals surface area contributed by atoms with Gasteiger partial charge in [0.15, 0.2) is 17.1 Å². The van der Waals surface area contributed by atoms with Gasteiger partial charge >= 0.3 is 11.9 Å². The predicted molar refractivity (Wildman–Crippen MR) is 135 cm³/mol. The number of rotatable bonds is 10. The highest BCUT2D eigenvalue weighted by atomic mass is 35.5. The average Bonchev–Trinajstić information content (AvgIpc) is 3.30. The van der Waals surface area contributed by atoms with Crippen molar-refractivity contribution < 1.29 is 28.6 Å². The average molecular weight is 533 g/mol. The summed E-state index contributed by atoms with van der Waals surface area (Å²) in [5.74, 6) is -0.538. The fourth-order valence-corrected chi connectivity index (χ4v) is 4.28. The molecule has 1 N–H and O–H groups in total. The minimum absolute atomic E-state index is 0.00783. The van der Waals surface area contributed by atoms with Crippen LogP contribution in [0.25, 0.3) is 0 Å². The van der Waals surface area contributed by atoms with E-state index in [4.69, 9.17) is 25.8 Å². The van der Waals surface area contributed by atoms with Gasteiger partial charge in [-0.2, -0.15) is 0 Å². The van der Waals surface area contributed by atoms with Crippen molar-refractivity contribution in [3.63, 3.8) is 0 Å². The zero-order valence-electron chi connectivity index (χ0n) is 20.1. The van der Waals surface area contributed by atoms with Gasteiger partial charge in [0, 0.05) is 12.2 Å². The van der Waals surface area contributed by atoms with E-state index in [1.165, 1.54) is 44.2 Å². The second-order valence-electron chi connectivity index (χ2n) is 7.39. The molecule has 1 atom stereocenters. The molecule has 2 aromatic carbocycles. The maximum atomic E-state index is 12.6. The summed E-state index contributed by atoms with van der Waals surface area (Å²) >= 11 is 7.38. The van der Waals surface area contributed by atoms with Crippen LogP contribution in [0.5, 0.6) is 5.75 Å². The Morgan fingerprint density at radius 3 is 2.28 bits per heavy atom. The van der Waals surface area contributed by atoms with Crippen molar-refractivity contribution in [2.45, 2.75) is 31.7 Å². The number of thioether (sulfide) groups is 1. The van der Waals surface area contributed by atoms with Crippen molar-refractivity contribution in [1.29, 1.82) is 0 Å². The second kappa shape index (κ2) is 12.4. The summed E-state index contributed by atoms with van der Waals surface area (Å²) in [5.41, 5.74) is 0.459. The lowest BCUT2D eigenvalue weighted by Gasteiger charge is -2.16. The molecule has 3 rings (SSSR count). The normalized spacial score (nSPS) is 11.5. The SMILES string of the molecule is CCn1c(SCC(=O)Nc2cc(C(=O)OC)cc(C(=O)OC)c2)nnc1C(C)Oc1ccccc1Cl. The Balaban J connectivity index is 1.70. The summed E-state index contributed by atoms with van der Waals surface area (Å²) in [7, 11) is 2.45. The number of halogens is 1. The number of para-hydroxylation sites is 1. The molecule has 0 radical (unpaired) electrons. The monoisotopic (exact) mass is 532 g/mol. The number of nitrogens with zero attached hydrogens (tertiary/aromatic N) is 3. The van der Waals surface area contributed by atoms with Crippen LogP contribution >= 0.6 is 23.4 Å². The van der Waals surface area contributed by atoms with Crippen LogP contribution < -0.4 is 10.1 Å². The zero-order valence-corrected chi connectivity index (χ0v) is 21.7. The second-order valence-corrected chi connectivity index (χ2v) is 8.74. The highest BCUT2D eigenvalue weighted by Crippen LogP contribution is 2.29. The van der Waals surface area contributed by atoms with E-state index >= 15 is 0 Å². The Bertz CT molecular complexity index is 1230. The molecule has 0 bridgehead atoms. The molecule has 1 aromatic heterocycles. The van der Waals surface area contributed by atoms with Gasteiger partial charge in [-0.15, -0.1) is 10.2 Å². The summed E-state index contributed by atoms with van der Waals surface area (Å²) < 4.78 is 17.2. The zero-order chi connectivity index (χ0) is 26.2. The maximum Gasteiger partial charge on any atom is 0.337 e. The van der Waals surface area contributed by atoms with Gasteiger partial charge in [-0.05, 0) is 44.2 Å². The van der Waals surface area contributed by atoms with E-state index in [0.29, 0.717) is 28.3 Å². The van der Waals surface area contributed by atoms with Crippen molar-refractivity contribution in [3.05, 3.63) is 64.4 Å². The molecular weight excluding hydrogens is 508 g/mol. The smallest absolute Gasteiger partial charge is 0.337 e. The Morgan fingerprint density at radius 1 is 1.06 bits per heavy atom. The Labute approximate surface area is 217 Å². The van der Waals surface area contributed by atoms with Crippen LogP contribution in [0.15, 0.2) is 47.6 Å². The van der Waals surface area contributed by atoms with Gasteiger partial charge in [-0.1, -0.05) is 35.5 Å². The number of carbonyl (C=O) groups is 3. The van der Waals surface area contributed by atoms with E-state index in [1.54, 1.807) is 12.1 Å². The number of anilines is 1. The highest BCUT2D eigenvalue weighted by Gasteiger charge is 2.21. The van der Waals surface area contributed by atoms with Crippen LogP contribution in [0.4, 0.5) is 5.69 Å². The molecule has 190 valence electrons. The van der Waals surface area contributed by atoms with Crippen LogP contribution in [0.3, 0.4) is 0 Å². The van der Waals surface area contributed by atoms with Gasteiger partial charge in [0.05, 0.1) is 36.1 Å². The van der Waals surface area contributed by atoms with Crippen molar-refractivity contribution in [1.82, 2.24) is 14.8 Å². The molecule has 0 aliphatic carbocycles. The number of benzene rings is 2. The highest BCUT2D eigenvalue weighted by molar-refractivity contribution is 7.99. The van der Waals surface area contributed by atoms with Gasteiger partial charge in [0.2, 0.25) is 5.91 Å². The van der Waals surface area contributed by atoms with Crippen molar-refractivity contribution in [2.75, 3.05) is 25.3 Å². The van der Waals surface area contributed by atoms with Gasteiger partial charge < -0.3 is 24.1 Å². The van der Waals surface area contributed by atoms with E-state index in [0.717, 1.165) is 0 Å². The van der Waals surface area contributed by atoms with Crippen LogP contribution in [0, 0.1) is 0 Å². The number of methoxy groups -OCH3 is 2. The molecule has 0 saturated carbocycles. The molecule has 0 fully saturated rings. The number of amides is 1. The molecular formula is C24H25ClN4O6S. The first kappa shape index (κ1) is 27.0. The minimum atomic E-state index is -0.651. The molecule has 1 heterocycles. The van der Waals surface area contributed by atoms with Crippen LogP contribution in [0.2, 0.25) is 5.02 Å². The summed E-state index contributed by atoms with van der Waals surface area (Å²) in [4.78, 5) is 36.6. The van der Waals surface area contributed by atoms with Gasteiger partial charge in [0.25, 0.3) is 0 Å². The molecule has 0 aliphatic heterocycles. The molecule has 0 aliphatic rings. The third-order valence-corrected chi connectivity index (χ3v) is 6.24. The Morgan fingerprint density at radius 2 is 1.69 bits per heavy atom. The molecule has 0 spiro atoms. The fourth-order valence-electron chi connectivity index (χ4n) is 3.29. The van der Waals surface area contributed by atoms with E-state index in [1.807, 2.05) is 30.5 Å². The Kier molecular flexibility index (Phi) is 9.31. The first-order valence-electron chi connectivity index (χ1n) is 10.9. The van der Waals surface area contributed by atoms with Crippen LogP contribution in [-0.2, 0) is 20.8 Å². The number of hydrogen-bond acceptors (Lipinski definition) is 9. The third-order valence-electron chi connectivity index (χ3n) is 4.96. The largest absolute Gasteiger partial charge is 0.481 e. The summed E-state index contributed by atoms with van der Waals surface area (Å²) in [6, 6.07) is 11.3. The summed E-state index contributed by atoms with van der Waals surface area (Å²) in [6.07, 6.45) is -0.432. The topological polar surface area (TPSA) is 122 Å². The fraction of sp³-hybridized carbons (Fsp3) is 0.292. The number of nitrogens with one attached hydrogen (secondary N) is 1. The summed E-state index contributed by atoms with van der Waals surface area (Å²) in [6.45, 7) is 4.34. The number of carbonyl (C=O) groups excluding carboxylic acids is 3. The van der Waals surface area contributed by atoms with Crippen molar-refractivity contribution in [2.24, 2.45) is 0 Å². The predicted octanol–water partition coefficient (Wildman–Crippen LogP) is 4.40. The lowest BCUT2D eigenvalue weighted by atomic mass is 10.1. The first-order chi connectivity index (χ1) is 17.3. The number of esters is 2. The van der Waals surface area contributed by atoms with Gasteiger partial charge in [-0.3, -0.25) is 4.79 Å². The first-order valence-corrected chi connectivity index (χ1v) is 12.2. The third kappa shape index (κ3) is 6.55. The Hall–Kier alpha value is -3.57. The van der Waals surface area contributed by atoms with Crippen LogP contribution in [0.1, 0.15) is 46.5 Å². The molecule has 1 amide bonds. The molecule has 36 heavy (non-hydrogen) atoms. The minimum Gasteiger partial charge on any atom is -0.481 e. The van der Waals surface area contributed by atoms with E-state index in [2.05, 4.69) is 15.5 Å². The number of aromatic nitrogens is 3. The maximum absolute atomic E-state index is 12.6. The quantitative estimate of drug-likeness (QED) is 0.299. The molecule has 0 saturated heterocycles. The lowest BCUT2D eigenvalue weighted by molar-refractivity contribution is -0.113. The van der Waals surface area contributed by atoms with Crippen molar-refractivity contribution in [3.8, 4) is 5.75 Å². The number of ether oxygens (including phenoxy) is 3. The number of hydrogen-bond donors (Lipinski definition) is 1. The summed E-state index contributed by atoms with van der Waals surface area (Å²) in [5, 5.41) is 12.2. The lowest BCUT2D eigenvalue weighted by Crippen LogP contribution is -2.17. The van der Waals surface area contributed by atoms with E-state index in [-0.39, 0.29) is 28.5 Å². The van der Waals surface area contributed by atoms with E-state index in [9.17, 15) is 14.4 Å².